The van der Waals surface area contributed by atoms with Crippen molar-refractivity contribution >= 4 is 17.7 Å². The molecule has 2 unspecified atom stereocenters. The summed E-state index contributed by atoms with van der Waals surface area (Å²) in [6, 6.07) is 21.0. The fraction of sp³-hybridized carbons (Fsp3) is 0.278. The van der Waals surface area contributed by atoms with Crippen LogP contribution >= 0.6 is 11.8 Å². The number of hydrogen-bond donors (Lipinski definition) is 1. The van der Waals surface area contributed by atoms with Crippen LogP contribution in [0.2, 0.25) is 0 Å². The Balaban J connectivity index is 1.38. The largest absolute Gasteiger partial charge is 0.353 e. The maximum Gasteiger partial charge on any atom is 0.221 e. The van der Waals surface area contributed by atoms with E-state index < -0.39 is 0 Å². The molecule has 21 heavy (non-hydrogen) atoms. The topological polar surface area (TPSA) is 29.1 Å². The van der Waals surface area contributed by atoms with Crippen LogP contribution in [-0.2, 0) is 4.79 Å². The fourth-order valence-corrected chi connectivity index (χ4v) is 3.35. The van der Waals surface area contributed by atoms with Crippen molar-refractivity contribution in [3.63, 3.8) is 0 Å². The van der Waals surface area contributed by atoms with Crippen molar-refractivity contribution < 1.29 is 4.79 Å². The van der Waals surface area contributed by atoms with E-state index in [1.165, 1.54) is 10.5 Å². The molecule has 1 fully saturated rings. The molecule has 2 nitrogen and oxygen atoms in total. The summed E-state index contributed by atoms with van der Waals surface area (Å²) >= 11 is 1.73. The van der Waals surface area contributed by atoms with E-state index in [4.69, 9.17) is 0 Å². The van der Waals surface area contributed by atoms with Crippen molar-refractivity contribution in [2.24, 2.45) is 0 Å². The van der Waals surface area contributed by atoms with E-state index in [-0.39, 0.29) is 5.91 Å². The lowest BCUT2D eigenvalue weighted by Crippen LogP contribution is -2.26. The fourth-order valence-electron chi connectivity index (χ4n) is 2.48. The predicted molar refractivity (Wildman–Crippen MR) is 87.5 cm³/mol. The minimum Gasteiger partial charge on any atom is -0.353 e. The zero-order chi connectivity index (χ0) is 14.5. The highest BCUT2D eigenvalue weighted by Crippen LogP contribution is 2.40. The van der Waals surface area contributed by atoms with Gasteiger partial charge in [-0.2, -0.15) is 0 Å². The standard InChI is InChI=1S/C18H19NOS/c20-18(11-12-21-15-9-5-2-6-10-15)19-17-13-16(17)14-7-3-1-4-8-14/h1-10,16-17H,11-13H2,(H,19,20). The highest BCUT2D eigenvalue weighted by Gasteiger charge is 2.39. The van der Waals surface area contributed by atoms with Gasteiger partial charge in [0.05, 0.1) is 0 Å². The first kappa shape index (κ1) is 14.2. The average Bonchev–Trinajstić information content (AvgIpc) is 3.28. The number of amides is 1. The number of nitrogens with one attached hydrogen (secondary N) is 1. The van der Waals surface area contributed by atoms with Crippen molar-refractivity contribution in [2.45, 2.75) is 29.7 Å². The molecule has 0 radical (unpaired) electrons. The molecule has 108 valence electrons. The number of carbonyl (C=O) groups excluding carboxylic acids is 1. The van der Waals surface area contributed by atoms with Gasteiger partial charge in [-0.25, -0.2) is 0 Å². The van der Waals surface area contributed by atoms with Crippen LogP contribution in [0.4, 0.5) is 0 Å². The molecule has 1 amide bonds. The van der Waals surface area contributed by atoms with E-state index in [1.807, 2.05) is 24.3 Å². The summed E-state index contributed by atoms with van der Waals surface area (Å²) in [5.74, 6) is 1.51. The molecule has 0 saturated heterocycles. The molecule has 3 heteroatoms. The summed E-state index contributed by atoms with van der Waals surface area (Å²) in [5.41, 5.74) is 1.33. The lowest BCUT2D eigenvalue weighted by molar-refractivity contribution is -0.120. The van der Waals surface area contributed by atoms with E-state index in [1.54, 1.807) is 11.8 Å². The smallest absolute Gasteiger partial charge is 0.221 e. The van der Waals surface area contributed by atoms with Gasteiger partial charge in [0, 0.05) is 29.0 Å². The molecule has 0 heterocycles. The van der Waals surface area contributed by atoms with Gasteiger partial charge in [0.1, 0.15) is 0 Å². The average molecular weight is 297 g/mol. The van der Waals surface area contributed by atoms with Gasteiger partial charge in [0.25, 0.3) is 0 Å². The normalized spacial score (nSPS) is 20.0. The molecule has 1 aliphatic carbocycles. The Bertz CT molecular complexity index is 585. The quantitative estimate of drug-likeness (QED) is 0.821. The minimum absolute atomic E-state index is 0.168. The first-order valence-corrected chi connectivity index (χ1v) is 8.33. The summed E-state index contributed by atoms with van der Waals surface area (Å²) in [6.45, 7) is 0. The third-order valence-corrected chi connectivity index (χ3v) is 4.72. The highest BCUT2D eigenvalue weighted by molar-refractivity contribution is 7.99. The van der Waals surface area contributed by atoms with Gasteiger partial charge >= 0.3 is 0 Å². The highest BCUT2D eigenvalue weighted by atomic mass is 32.2. The molecule has 0 aliphatic heterocycles. The van der Waals surface area contributed by atoms with Gasteiger partial charge in [0.15, 0.2) is 0 Å². The van der Waals surface area contributed by atoms with Crippen LogP contribution < -0.4 is 5.32 Å². The Morgan fingerprint density at radius 1 is 1.05 bits per heavy atom. The Hall–Kier alpha value is -1.74. The molecule has 1 aliphatic rings. The minimum atomic E-state index is 0.168. The molecule has 2 atom stereocenters. The van der Waals surface area contributed by atoms with Gasteiger partial charge in [-0.1, -0.05) is 48.5 Å². The second kappa shape index (κ2) is 6.81. The Morgan fingerprint density at radius 2 is 1.71 bits per heavy atom. The van der Waals surface area contributed by atoms with Crippen LogP contribution in [0.1, 0.15) is 24.3 Å². The molecule has 0 aromatic heterocycles. The summed E-state index contributed by atoms with van der Waals surface area (Å²) in [7, 11) is 0. The first-order chi connectivity index (χ1) is 10.3. The van der Waals surface area contributed by atoms with Crippen molar-refractivity contribution in [3.8, 4) is 0 Å². The summed E-state index contributed by atoms with van der Waals surface area (Å²) in [5, 5.41) is 3.14. The predicted octanol–water partition coefficient (Wildman–Crippen LogP) is 3.84. The van der Waals surface area contributed by atoms with E-state index in [0.717, 1.165) is 12.2 Å². The molecule has 1 saturated carbocycles. The van der Waals surface area contributed by atoms with Crippen LogP contribution in [0.3, 0.4) is 0 Å². The van der Waals surface area contributed by atoms with E-state index in [2.05, 4.69) is 41.7 Å². The van der Waals surface area contributed by atoms with E-state index in [9.17, 15) is 4.79 Å². The van der Waals surface area contributed by atoms with Gasteiger partial charge in [-0.3, -0.25) is 4.79 Å². The second-order valence-corrected chi connectivity index (χ2v) is 6.51. The molecular formula is C18H19NOS. The van der Waals surface area contributed by atoms with Crippen molar-refractivity contribution in [1.82, 2.24) is 5.32 Å². The van der Waals surface area contributed by atoms with Crippen molar-refractivity contribution in [3.05, 3.63) is 66.2 Å². The number of carbonyl (C=O) groups is 1. The zero-order valence-electron chi connectivity index (χ0n) is 11.9. The maximum atomic E-state index is 11.9. The summed E-state index contributed by atoms with van der Waals surface area (Å²) in [4.78, 5) is 13.2. The molecule has 2 aromatic rings. The van der Waals surface area contributed by atoms with Gasteiger partial charge < -0.3 is 5.32 Å². The Morgan fingerprint density at radius 3 is 2.43 bits per heavy atom. The lowest BCUT2D eigenvalue weighted by atomic mass is 10.1. The number of rotatable bonds is 6. The SMILES string of the molecule is O=C(CCSc1ccccc1)NC1CC1c1ccccc1. The van der Waals surface area contributed by atoms with Crippen molar-refractivity contribution in [1.29, 1.82) is 0 Å². The summed E-state index contributed by atoms with van der Waals surface area (Å²) < 4.78 is 0. The molecule has 0 spiro atoms. The van der Waals surface area contributed by atoms with Gasteiger partial charge in [0.2, 0.25) is 5.91 Å². The van der Waals surface area contributed by atoms with Crippen LogP contribution in [0, 0.1) is 0 Å². The third kappa shape index (κ3) is 4.11. The van der Waals surface area contributed by atoms with Crippen LogP contribution in [0.15, 0.2) is 65.6 Å². The number of hydrogen-bond acceptors (Lipinski definition) is 2. The Labute approximate surface area is 130 Å². The van der Waals surface area contributed by atoms with Crippen LogP contribution in [0.25, 0.3) is 0 Å². The number of benzene rings is 2. The zero-order valence-corrected chi connectivity index (χ0v) is 12.7. The molecule has 1 N–H and O–H groups in total. The van der Waals surface area contributed by atoms with Crippen LogP contribution in [-0.4, -0.2) is 17.7 Å². The first-order valence-electron chi connectivity index (χ1n) is 7.35. The number of thioether (sulfide) groups is 1. The summed E-state index contributed by atoms with van der Waals surface area (Å²) in [6.07, 6.45) is 1.65. The third-order valence-electron chi connectivity index (χ3n) is 3.71. The second-order valence-electron chi connectivity index (χ2n) is 5.34. The molecule has 2 aromatic carbocycles. The van der Waals surface area contributed by atoms with Gasteiger partial charge in [-0.05, 0) is 24.1 Å². The molecule has 3 rings (SSSR count). The van der Waals surface area contributed by atoms with Crippen LogP contribution in [0.5, 0.6) is 0 Å². The van der Waals surface area contributed by atoms with E-state index >= 15 is 0 Å². The maximum absolute atomic E-state index is 11.9. The van der Waals surface area contributed by atoms with Gasteiger partial charge in [-0.15, -0.1) is 11.8 Å². The van der Waals surface area contributed by atoms with E-state index in [0.29, 0.717) is 18.4 Å². The molecular weight excluding hydrogens is 278 g/mol. The van der Waals surface area contributed by atoms with Crippen molar-refractivity contribution in [2.75, 3.05) is 5.75 Å². The monoisotopic (exact) mass is 297 g/mol. The lowest BCUT2D eigenvalue weighted by Gasteiger charge is -2.05. The Kier molecular flexibility index (Phi) is 4.61. The molecule has 0 bridgehead atoms.